The molecule has 12 heteroatoms. The maximum Gasteiger partial charge on any atom is 0.264 e. The van der Waals surface area contributed by atoms with Gasteiger partial charge in [-0.3, -0.25) is 4.79 Å². The number of aryl methyl sites for hydroxylation is 1. The van der Waals surface area contributed by atoms with E-state index in [9.17, 15) is 26.7 Å². The number of sulfonamides is 1. The maximum atomic E-state index is 13.8. The summed E-state index contributed by atoms with van der Waals surface area (Å²) in [7, 11) is -7.91. The number of nitrogens with one attached hydrogen (secondary N) is 1. The molecule has 272 valence electrons. The molecular weight excluding hydrogens is 708 g/mol. The fourth-order valence-electron chi connectivity index (χ4n) is 8.41. The van der Waals surface area contributed by atoms with Crippen LogP contribution in [0.2, 0.25) is 5.02 Å². The number of fused-ring (bicyclic) bond motifs is 4. The fraction of sp³-hybridized carbons (Fsp3) is 0.462. The van der Waals surface area contributed by atoms with Crippen LogP contribution in [0.5, 0.6) is 5.75 Å². The molecular formula is C39H45ClN2O7S2. The Morgan fingerprint density at radius 3 is 2.65 bits per heavy atom. The molecule has 1 spiro atoms. The number of ether oxygens (including phenoxy) is 1. The predicted molar refractivity (Wildman–Crippen MR) is 200 cm³/mol. The van der Waals surface area contributed by atoms with Crippen molar-refractivity contribution in [1.82, 2.24) is 4.72 Å². The first-order valence-electron chi connectivity index (χ1n) is 17.9. The predicted octanol–water partition coefficient (Wildman–Crippen LogP) is 5.98. The van der Waals surface area contributed by atoms with Crippen molar-refractivity contribution in [2.24, 2.45) is 11.8 Å². The molecule has 3 aromatic carbocycles. The lowest BCUT2D eigenvalue weighted by atomic mass is 9.68. The van der Waals surface area contributed by atoms with Gasteiger partial charge < -0.3 is 14.7 Å². The number of aliphatic hydroxyl groups excluding tert-OH is 1. The molecule has 2 aliphatic heterocycles. The van der Waals surface area contributed by atoms with Crippen molar-refractivity contribution >= 4 is 43.1 Å². The van der Waals surface area contributed by atoms with Gasteiger partial charge in [0.1, 0.15) is 5.75 Å². The van der Waals surface area contributed by atoms with Crippen molar-refractivity contribution < 1.29 is 31.5 Å². The number of anilines is 1. The van der Waals surface area contributed by atoms with E-state index in [2.05, 4.69) is 15.7 Å². The van der Waals surface area contributed by atoms with Gasteiger partial charge in [0.05, 0.1) is 35.2 Å². The van der Waals surface area contributed by atoms with E-state index in [0.29, 0.717) is 48.1 Å². The third kappa shape index (κ3) is 7.87. The molecule has 51 heavy (non-hydrogen) atoms. The number of amides is 1. The average molecular weight is 753 g/mol. The molecule has 1 fully saturated rings. The quantitative estimate of drug-likeness (QED) is 0.305. The van der Waals surface area contributed by atoms with Gasteiger partial charge in [0.2, 0.25) is 10.0 Å². The minimum Gasteiger partial charge on any atom is -0.490 e. The van der Waals surface area contributed by atoms with E-state index in [1.165, 1.54) is 11.1 Å². The summed E-state index contributed by atoms with van der Waals surface area (Å²) in [5, 5.41) is 10.8. The number of nitrogens with zero attached hydrogens (tertiary/aromatic N) is 1. The van der Waals surface area contributed by atoms with Crippen LogP contribution < -0.4 is 14.4 Å². The number of halogens is 1. The maximum absolute atomic E-state index is 13.8. The topological polar surface area (TPSA) is 130 Å². The monoisotopic (exact) mass is 752 g/mol. The van der Waals surface area contributed by atoms with Crippen LogP contribution in [0.25, 0.3) is 0 Å². The smallest absolute Gasteiger partial charge is 0.264 e. The summed E-state index contributed by atoms with van der Waals surface area (Å²) in [5.41, 5.74) is 3.62. The first kappa shape index (κ1) is 36.0. The summed E-state index contributed by atoms with van der Waals surface area (Å²) >= 11 is 6.41. The normalized spacial score (nSPS) is 28.3. The van der Waals surface area contributed by atoms with E-state index < -0.39 is 37.1 Å². The largest absolute Gasteiger partial charge is 0.490 e. The summed E-state index contributed by atoms with van der Waals surface area (Å²) in [6.07, 6.45) is 7.74. The number of sulfone groups is 1. The molecule has 0 aromatic heterocycles. The number of allylic oxidation sites excluding steroid dienone is 1. The number of carbonyl (C=O) groups is 1. The highest BCUT2D eigenvalue weighted by Crippen LogP contribution is 2.46. The standard InChI is InChI=1S/C39H45ClN2O7S2/c40-31-14-16-34-28(21-31)9-6-19-39(34)25-42-23-30-12-15-33(30)36(43)11-5-4-10-32(18-20-50(45,46)24-27-7-2-1-3-8-27)51(47,48)41-38(44)29-13-17-37(49-26-39)35(42)22-29/h1-3,5,7-8,11,13-14,16-17,21-22,30,32-33,36,43H,4,6,9-10,12,15,18-20,23-26H2,(H,41,44)/b11-5-/t30-,32-,33+,36-,39-/m0/s1. The van der Waals surface area contributed by atoms with Gasteiger partial charge in [0.25, 0.3) is 5.91 Å². The third-order valence-corrected chi connectivity index (χ3v) is 15.0. The number of hydrogen-bond donors (Lipinski definition) is 2. The van der Waals surface area contributed by atoms with E-state index in [0.717, 1.165) is 32.1 Å². The van der Waals surface area contributed by atoms with E-state index in [1.807, 2.05) is 12.1 Å². The van der Waals surface area contributed by atoms with Crippen LogP contribution in [0.1, 0.15) is 72.0 Å². The Bertz CT molecular complexity index is 2020. The van der Waals surface area contributed by atoms with Gasteiger partial charge in [0.15, 0.2) is 9.84 Å². The molecule has 5 atom stereocenters. The zero-order valence-corrected chi connectivity index (χ0v) is 30.9. The first-order valence-corrected chi connectivity index (χ1v) is 21.6. The van der Waals surface area contributed by atoms with Crippen LogP contribution in [0.4, 0.5) is 5.69 Å². The Balaban J connectivity index is 1.20. The van der Waals surface area contributed by atoms with Crippen molar-refractivity contribution in [2.75, 3.05) is 30.3 Å². The van der Waals surface area contributed by atoms with E-state index in [-0.39, 0.29) is 47.2 Å². The van der Waals surface area contributed by atoms with Crippen LogP contribution in [-0.4, -0.2) is 64.7 Å². The highest BCUT2D eigenvalue weighted by Gasteiger charge is 2.44. The van der Waals surface area contributed by atoms with Crippen LogP contribution in [0.3, 0.4) is 0 Å². The summed E-state index contributed by atoms with van der Waals surface area (Å²) in [6.45, 7) is 1.73. The molecule has 0 unspecified atom stereocenters. The van der Waals surface area contributed by atoms with Crippen molar-refractivity contribution in [3.8, 4) is 5.75 Å². The van der Waals surface area contributed by atoms with Gasteiger partial charge in [-0.1, -0.05) is 60.2 Å². The SMILES string of the molecule is O=C1NS(=O)(=O)[C@H](CCS(=O)(=O)Cc2ccccc2)CC/C=C\[C@H](O)[C@@H]2CC[C@H]2CN2C[C@@]3(CCCc4cc(Cl)ccc43)COc3ccc1cc32. The van der Waals surface area contributed by atoms with E-state index in [1.54, 1.807) is 60.7 Å². The number of benzene rings is 3. The number of rotatable bonds is 5. The number of hydrogen-bond acceptors (Lipinski definition) is 8. The average Bonchev–Trinajstić information content (AvgIpc) is 3.22. The number of aliphatic hydroxyl groups is 1. The lowest BCUT2D eigenvalue weighted by Gasteiger charge is -2.45. The van der Waals surface area contributed by atoms with Crippen LogP contribution >= 0.6 is 11.6 Å². The molecule has 2 N–H and O–H groups in total. The Kier molecular flexibility index (Phi) is 10.3. The summed E-state index contributed by atoms with van der Waals surface area (Å²) in [5.74, 6) is -0.466. The summed E-state index contributed by atoms with van der Waals surface area (Å²) in [6, 6.07) is 19.9. The van der Waals surface area contributed by atoms with Crippen LogP contribution in [0, 0.1) is 11.8 Å². The second-order valence-corrected chi connectivity index (χ2v) is 19.3. The third-order valence-electron chi connectivity index (χ3n) is 11.3. The summed E-state index contributed by atoms with van der Waals surface area (Å²) < 4.78 is 62.5. The Morgan fingerprint density at radius 1 is 1.04 bits per heavy atom. The molecule has 2 heterocycles. The Hall–Kier alpha value is -3.38. The van der Waals surface area contributed by atoms with Gasteiger partial charge in [-0.2, -0.15) is 0 Å². The molecule has 2 bridgehead atoms. The van der Waals surface area contributed by atoms with Gasteiger partial charge in [-0.05, 0) is 110 Å². The zero-order chi connectivity index (χ0) is 35.8. The van der Waals surface area contributed by atoms with Crippen molar-refractivity contribution in [3.63, 3.8) is 0 Å². The molecule has 9 nitrogen and oxygen atoms in total. The van der Waals surface area contributed by atoms with Crippen LogP contribution in [0.15, 0.2) is 78.9 Å². The molecule has 1 amide bonds. The molecule has 2 aliphatic carbocycles. The second kappa shape index (κ2) is 14.6. The Morgan fingerprint density at radius 2 is 1.86 bits per heavy atom. The number of carbonyl (C=O) groups excluding carboxylic acids is 1. The fourth-order valence-corrected chi connectivity index (χ4v) is 11.7. The van der Waals surface area contributed by atoms with E-state index >= 15 is 0 Å². The van der Waals surface area contributed by atoms with E-state index in [4.69, 9.17) is 16.3 Å². The van der Waals surface area contributed by atoms with Gasteiger partial charge in [-0.25, -0.2) is 21.6 Å². The highest BCUT2D eigenvalue weighted by atomic mass is 35.5. The second-order valence-electron chi connectivity index (χ2n) is 14.7. The molecule has 0 saturated heterocycles. The van der Waals surface area contributed by atoms with Crippen molar-refractivity contribution in [2.45, 2.75) is 73.9 Å². The zero-order valence-electron chi connectivity index (χ0n) is 28.5. The van der Waals surface area contributed by atoms with Crippen molar-refractivity contribution in [1.29, 1.82) is 0 Å². The molecule has 0 radical (unpaired) electrons. The lowest BCUT2D eigenvalue weighted by molar-refractivity contribution is 0.0456. The molecule has 4 aliphatic rings. The lowest BCUT2D eigenvalue weighted by Crippen LogP contribution is -2.49. The minimum atomic E-state index is -4.28. The molecule has 7 rings (SSSR count). The summed E-state index contributed by atoms with van der Waals surface area (Å²) in [4.78, 5) is 16.0. The van der Waals surface area contributed by atoms with Gasteiger partial charge >= 0.3 is 0 Å². The Labute approximate surface area is 306 Å². The van der Waals surface area contributed by atoms with Gasteiger partial charge in [0, 0.05) is 29.1 Å². The molecule has 3 aromatic rings. The first-order chi connectivity index (χ1) is 24.4. The van der Waals surface area contributed by atoms with Crippen molar-refractivity contribution in [3.05, 3.63) is 106 Å². The van der Waals surface area contributed by atoms with Crippen LogP contribution in [-0.2, 0) is 37.4 Å². The minimum absolute atomic E-state index is 0.0318. The van der Waals surface area contributed by atoms with Gasteiger partial charge in [-0.15, -0.1) is 0 Å². The highest BCUT2D eigenvalue weighted by molar-refractivity contribution is 7.91. The molecule has 1 saturated carbocycles.